The second-order valence-corrected chi connectivity index (χ2v) is 9.83. The van der Waals surface area contributed by atoms with Crippen molar-refractivity contribution < 1.29 is 15.0 Å². The molecular formula is C21H33N3O3. The number of ketones is 1. The van der Waals surface area contributed by atoms with Gasteiger partial charge < -0.3 is 21.0 Å². The minimum atomic E-state index is -0.935. The van der Waals surface area contributed by atoms with Crippen LogP contribution < -0.4 is 5.84 Å². The van der Waals surface area contributed by atoms with Crippen LogP contribution in [0.25, 0.3) is 0 Å². The minimum Gasteiger partial charge on any atom is -0.389 e. The average molecular weight is 376 g/mol. The smallest absolute Gasteiger partial charge is 0.138 e. The van der Waals surface area contributed by atoms with Gasteiger partial charge in [0.15, 0.2) is 0 Å². The average Bonchev–Trinajstić information content (AvgIpc) is 2.94. The van der Waals surface area contributed by atoms with Gasteiger partial charge in [-0.15, -0.1) is 0 Å². The monoisotopic (exact) mass is 375 g/mol. The van der Waals surface area contributed by atoms with Gasteiger partial charge in [-0.3, -0.25) is 4.79 Å². The quantitative estimate of drug-likeness (QED) is 0.365. The van der Waals surface area contributed by atoms with E-state index in [9.17, 15) is 15.0 Å². The van der Waals surface area contributed by atoms with Crippen molar-refractivity contribution in [2.24, 2.45) is 39.5 Å². The lowest BCUT2D eigenvalue weighted by atomic mass is 9.46. The van der Waals surface area contributed by atoms with Crippen LogP contribution in [0.15, 0.2) is 16.8 Å². The van der Waals surface area contributed by atoms with Crippen molar-refractivity contribution in [3.05, 3.63) is 11.6 Å². The van der Waals surface area contributed by atoms with Gasteiger partial charge in [0.25, 0.3) is 0 Å². The van der Waals surface area contributed by atoms with E-state index in [2.05, 4.69) is 18.1 Å². The number of aliphatic hydroxyl groups is 2. The van der Waals surface area contributed by atoms with Crippen molar-refractivity contribution >= 4 is 11.5 Å². The van der Waals surface area contributed by atoms with Crippen LogP contribution in [-0.4, -0.2) is 59.0 Å². The standard InChI is InChI=1S/C21H33N3O3/c1-20-10-15(25)17-12(13(20)7-8-16(20)23-22)6-5-11-9-14(24(3)4)18(26)19(27)21(11,17)2/h9,12-14,17-19,26-27H,5-8,10,22H2,1-4H3/t12-,13-,14-,17+,18+,19-,20-,21-/m0/s1. The first-order valence-electron chi connectivity index (χ1n) is 10.2. The second-order valence-electron chi connectivity index (χ2n) is 9.83. The SMILES string of the molecule is CN(C)[C@H]1C=C2CC[C@@H]3[C@H](C(=O)C[C@]4(C)C(=NN)CC[C@@H]34)[C@@]2(C)[C@@H](O)[C@@H]1O. The largest absolute Gasteiger partial charge is 0.389 e. The number of nitrogens with two attached hydrogens (primary N) is 1. The molecule has 0 bridgehead atoms. The predicted molar refractivity (Wildman–Crippen MR) is 104 cm³/mol. The highest BCUT2D eigenvalue weighted by atomic mass is 16.3. The number of rotatable bonds is 1. The molecule has 3 saturated carbocycles. The first kappa shape index (κ1) is 19.1. The molecule has 0 aromatic rings. The number of fused-ring (bicyclic) bond motifs is 5. The summed E-state index contributed by atoms with van der Waals surface area (Å²) in [5.41, 5.74) is 1.19. The van der Waals surface area contributed by atoms with Crippen LogP contribution >= 0.6 is 0 Å². The Bertz CT molecular complexity index is 717. The summed E-state index contributed by atoms with van der Waals surface area (Å²) < 4.78 is 0. The molecule has 0 aromatic carbocycles. The molecule has 150 valence electrons. The number of Topliss-reactive ketones (excluding diaryl/α,β-unsaturated/α-hetero) is 1. The molecular weight excluding hydrogens is 342 g/mol. The third kappa shape index (κ3) is 2.36. The first-order valence-corrected chi connectivity index (χ1v) is 10.2. The van der Waals surface area contributed by atoms with Crippen LogP contribution in [0.1, 0.15) is 46.0 Å². The third-order valence-corrected chi connectivity index (χ3v) is 8.50. The fraction of sp³-hybridized carbons (Fsp3) is 0.810. The highest BCUT2D eigenvalue weighted by molar-refractivity contribution is 5.98. The second kappa shape index (κ2) is 6.13. The molecule has 0 spiro atoms. The van der Waals surface area contributed by atoms with Gasteiger partial charge in [0.05, 0.1) is 18.2 Å². The fourth-order valence-corrected chi connectivity index (χ4v) is 7.06. The van der Waals surface area contributed by atoms with Crippen molar-refractivity contribution in [3.63, 3.8) is 0 Å². The van der Waals surface area contributed by atoms with Crippen LogP contribution in [0.3, 0.4) is 0 Å². The molecule has 4 aliphatic carbocycles. The maximum Gasteiger partial charge on any atom is 0.138 e. The Kier molecular flexibility index (Phi) is 4.33. The molecule has 6 nitrogen and oxygen atoms in total. The molecule has 0 amide bonds. The van der Waals surface area contributed by atoms with Gasteiger partial charge in [-0.2, -0.15) is 5.10 Å². The number of likely N-dealkylation sites (N-methyl/N-ethyl adjacent to an activating group) is 1. The lowest BCUT2D eigenvalue weighted by Crippen LogP contribution is -2.63. The number of hydrazone groups is 1. The maximum atomic E-state index is 13.4. The first-order chi connectivity index (χ1) is 12.7. The topological polar surface area (TPSA) is 99.2 Å². The molecule has 8 atom stereocenters. The van der Waals surface area contributed by atoms with Crippen LogP contribution in [0, 0.1) is 28.6 Å². The lowest BCUT2D eigenvalue weighted by molar-refractivity contribution is -0.158. The van der Waals surface area contributed by atoms with E-state index in [1.807, 2.05) is 25.9 Å². The Morgan fingerprint density at radius 2 is 1.93 bits per heavy atom. The zero-order chi connectivity index (χ0) is 19.7. The molecule has 0 radical (unpaired) electrons. The number of nitrogens with zero attached hydrogens (tertiary/aromatic N) is 2. The summed E-state index contributed by atoms with van der Waals surface area (Å²) in [7, 11) is 3.82. The summed E-state index contributed by atoms with van der Waals surface area (Å²) in [6.45, 7) is 4.15. The van der Waals surface area contributed by atoms with E-state index in [4.69, 9.17) is 5.84 Å². The van der Waals surface area contributed by atoms with Crippen LogP contribution in [0.2, 0.25) is 0 Å². The Morgan fingerprint density at radius 1 is 1.22 bits per heavy atom. The Hall–Kier alpha value is -1.24. The summed E-state index contributed by atoms with van der Waals surface area (Å²) in [4.78, 5) is 15.4. The van der Waals surface area contributed by atoms with Crippen molar-refractivity contribution in [2.45, 2.75) is 64.2 Å². The molecule has 6 heteroatoms. The molecule has 27 heavy (non-hydrogen) atoms. The Labute approximate surface area is 161 Å². The highest BCUT2D eigenvalue weighted by Gasteiger charge is 2.64. The number of hydrogen-bond acceptors (Lipinski definition) is 6. The van der Waals surface area contributed by atoms with Crippen molar-refractivity contribution in [2.75, 3.05) is 14.1 Å². The zero-order valence-electron chi connectivity index (χ0n) is 16.9. The molecule has 4 rings (SSSR count). The normalized spacial score (nSPS) is 51.0. The summed E-state index contributed by atoms with van der Waals surface area (Å²) in [6.07, 6.45) is 4.43. The number of carbonyl (C=O) groups is 1. The number of aliphatic hydroxyl groups excluding tert-OH is 2. The molecule has 4 N–H and O–H groups in total. The van der Waals surface area contributed by atoms with Crippen molar-refractivity contribution in [1.82, 2.24) is 4.90 Å². The van der Waals surface area contributed by atoms with Gasteiger partial charge >= 0.3 is 0 Å². The van der Waals surface area contributed by atoms with Gasteiger partial charge in [-0.1, -0.05) is 25.5 Å². The molecule has 0 saturated heterocycles. The van der Waals surface area contributed by atoms with E-state index in [1.165, 1.54) is 0 Å². The van der Waals surface area contributed by atoms with E-state index in [-0.39, 0.29) is 29.1 Å². The van der Waals surface area contributed by atoms with Gasteiger partial charge in [0, 0.05) is 28.9 Å². The predicted octanol–water partition coefficient (Wildman–Crippen LogP) is 1.31. The number of hydrogen-bond donors (Lipinski definition) is 3. The molecule has 0 unspecified atom stereocenters. The minimum absolute atomic E-state index is 0.199. The maximum absolute atomic E-state index is 13.4. The third-order valence-electron chi connectivity index (χ3n) is 8.50. The van der Waals surface area contributed by atoms with Gasteiger partial charge in [-0.05, 0) is 51.6 Å². The van der Waals surface area contributed by atoms with Crippen LogP contribution in [0.4, 0.5) is 0 Å². The van der Waals surface area contributed by atoms with Crippen LogP contribution in [-0.2, 0) is 4.79 Å². The zero-order valence-corrected chi connectivity index (χ0v) is 16.9. The molecule has 0 aromatic heterocycles. The summed E-state index contributed by atoms with van der Waals surface area (Å²) in [5, 5.41) is 26.1. The highest BCUT2D eigenvalue weighted by Crippen LogP contribution is 2.63. The molecule has 3 fully saturated rings. The van der Waals surface area contributed by atoms with Crippen LogP contribution in [0.5, 0.6) is 0 Å². The van der Waals surface area contributed by atoms with Gasteiger partial charge in [-0.25, -0.2) is 0 Å². The fourth-order valence-electron chi connectivity index (χ4n) is 7.06. The molecule has 0 heterocycles. The van der Waals surface area contributed by atoms with E-state index in [1.54, 1.807) is 0 Å². The summed E-state index contributed by atoms with van der Waals surface area (Å²) in [5.74, 6) is 6.20. The van der Waals surface area contributed by atoms with Crippen molar-refractivity contribution in [1.29, 1.82) is 0 Å². The molecule has 4 aliphatic rings. The molecule has 0 aliphatic heterocycles. The number of carbonyl (C=O) groups excluding carboxylic acids is 1. The van der Waals surface area contributed by atoms with E-state index < -0.39 is 17.6 Å². The lowest BCUT2D eigenvalue weighted by Gasteiger charge is -2.59. The van der Waals surface area contributed by atoms with E-state index in [0.29, 0.717) is 12.3 Å². The van der Waals surface area contributed by atoms with E-state index in [0.717, 1.165) is 37.0 Å². The van der Waals surface area contributed by atoms with Gasteiger partial charge in [0.1, 0.15) is 5.78 Å². The Morgan fingerprint density at radius 3 is 2.56 bits per heavy atom. The van der Waals surface area contributed by atoms with Crippen molar-refractivity contribution in [3.8, 4) is 0 Å². The van der Waals surface area contributed by atoms with E-state index >= 15 is 0 Å². The van der Waals surface area contributed by atoms with Gasteiger partial charge in [0.2, 0.25) is 0 Å². The summed E-state index contributed by atoms with van der Waals surface area (Å²) in [6, 6.07) is -0.217. The Balaban J connectivity index is 1.77. The summed E-state index contributed by atoms with van der Waals surface area (Å²) >= 11 is 0.